The molecule has 0 bridgehead atoms. The molecule has 2 atom stereocenters. The van der Waals surface area contributed by atoms with Crippen LogP contribution in [0.2, 0.25) is 0 Å². The lowest BCUT2D eigenvalue weighted by Crippen LogP contribution is -2.58. The molecule has 0 aliphatic heterocycles. The number of nitrogens with zero attached hydrogens (tertiary/aromatic N) is 1. The zero-order valence-electron chi connectivity index (χ0n) is 24.4. The van der Waals surface area contributed by atoms with E-state index in [9.17, 15) is 14.4 Å². The van der Waals surface area contributed by atoms with Gasteiger partial charge < -0.3 is 25.0 Å². The summed E-state index contributed by atoms with van der Waals surface area (Å²) in [5.74, 6) is -0.0896. The van der Waals surface area contributed by atoms with Gasteiger partial charge in [-0.25, -0.2) is 4.79 Å². The van der Waals surface area contributed by atoms with Crippen molar-refractivity contribution in [3.63, 3.8) is 0 Å². The number of rotatable bonds is 9. The maximum atomic E-state index is 14.0. The molecule has 8 heteroatoms. The number of ether oxygens (including phenoxy) is 2. The minimum absolute atomic E-state index is 0.363. The lowest BCUT2D eigenvalue weighted by molar-refractivity contribution is -0.147. The van der Waals surface area contributed by atoms with Crippen LogP contribution in [-0.4, -0.2) is 47.1 Å². The Hall–Kier alpha value is -3.55. The molecule has 0 heterocycles. The number of benzene rings is 2. The van der Waals surface area contributed by atoms with Gasteiger partial charge in [0.25, 0.3) is 5.91 Å². The molecule has 0 radical (unpaired) electrons. The third-order valence-electron chi connectivity index (χ3n) is 6.57. The van der Waals surface area contributed by atoms with Crippen LogP contribution in [0.5, 0.6) is 5.75 Å². The number of carbonyl (C=O) groups excluding carboxylic acids is 3. The van der Waals surface area contributed by atoms with Crippen LogP contribution in [0.1, 0.15) is 77.6 Å². The molecule has 0 spiro atoms. The van der Waals surface area contributed by atoms with Gasteiger partial charge >= 0.3 is 6.09 Å². The van der Waals surface area contributed by atoms with Gasteiger partial charge in [-0.2, -0.15) is 0 Å². The summed E-state index contributed by atoms with van der Waals surface area (Å²) in [6.45, 7) is 16.6. The molecule has 2 unspecified atom stereocenters. The maximum absolute atomic E-state index is 14.0. The zero-order valence-corrected chi connectivity index (χ0v) is 24.4. The fourth-order valence-corrected chi connectivity index (χ4v) is 3.94. The van der Waals surface area contributed by atoms with Crippen molar-refractivity contribution in [2.45, 2.75) is 92.0 Å². The molecule has 2 aromatic carbocycles. The number of methoxy groups -OCH3 is 1. The Labute approximate surface area is 227 Å². The van der Waals surface area contributed by atoms with Crippen molar-refractivity contribution >= 4 is 23.6 Å². The first-order valence-electron chi connectivity index (χ1n) is 12.9. The molecule has 0 fully saturated rings. The van der Waals surface area contributed by atoms with E-state index in [0.29, 0.717) is 23.4 Å². The molecule has 0 aliphatic rings. The van der Waals surface area contributed by atoms with E-state index < -0.39 is 35.2 Å². The average molecular weight is 526 g/mol. The van der Waals surface area contributed by atoms with Crippen molar-refractivity contribution in [1.82, 2.24) is 10.2 Å². The van der Waals surface area contributed by atoms with Crippen LogP contribution >= 0.6 is 0 Å². The lowest BCUT2D eigenvalue weighted by Gasteiger charge is -2.44. The van der Waals surface area contributed by atoms with Crippen molar-refractivity contribution in [3.8, 4) is 5.75 Å². The Bertz CT molecular complexity index is 1140. The first-order valence-corrected chi connectivity index (χ1v) is 12.9. The Morgan fingerprint density at radius 2 is 1.55 bits per heavy atom. The molecule has 2 N–H and O–H groups in total. The average Bonchev–Trinajstić information content (AvgIpc) is 2.82. The number of carbonyl (C=O) groups is 3. The van der Waals surface area contributed by atoms with Gasteiger partial charge in [-0.3, -0.25) is 9.59 Å². The highest BCUT2D eigenvalue weighted by atomic mass is 16.6. The number of hydrogen-bond acceptors (Lipinski definition) is 5. The fraction of sp³-hybridized carbons (Fsp3) is 0.500. The normalized spacial score (nSPS) is 13.2. The third-order valence-corrected chi connectivity index (χ3v) is 6.57. The van der Waals surface area contributed by atoms with E-state index >= 15 is 0 Å². The van der Waals surface area contributed by atoms with Crippen LogP contribution in [0.3, 0.4) is 0 Å². The van der Waals surface area contributed by atoms with E-state index in [1.807, 2.05) is 52.8 Å². The van der Waals surface area contributed by atoms with E-state index in [2.05, 4.69) is 10.6 Å². The summed E-state index contributed by atoms with van der Waals surface area (Å²) >= 11 is 0. The highest BCUT2D eigenvalue weighted by molar-refractivity contribution is 5.99. The Kier molecular flexibility index (Phi) is 9.95. The smallest absolute Gasteiger partial charge is 0.408 e. The predicted octanol–water partition coefficient (Wildman–Crippen LogP) is 5.92. The summed E-state index contributed by atoms with van der Waals surface area (Å²) in [5, 5.41) is 5.61. The minimum atomic E-state index is -0.957. The molecule has 2 aromatic rings. The summed E-state index contributed by atoms with van der Waals surface area (Å²) in [5.41, 5.74) is 1.91. The molecule has 0 aromatic heterocycles. The monoisotopic (exact) mass is 525 g/mol. The largest absolute Gasteiger partial charge is 0.497 e. The second-order valence-corrected chi connectivity index (χ2v) is 11.2. The maximum Gasteiger partial charge on any atom is 0.408 e. The lowest BCUT2D eigenvalue weighted by atomic mass is 9.91. The number of anilines is 1. The van der Waals surface area contributed by atoms with Crippen LogP contribution in [0, 0.1) is 13.8 Å². The molecule has 3 amide bonds. The quantitative estimate of drug-likeness (QED) is 0.423. The summed E-state index contributed by atoms with van der Waals surface area (Å²) in [6, 6.07) is 10.9. The molecular formula is C30H43N3O5. The number of aryl methyl sites for hydroxylation is 2. The topological polar surface area (TPSA) is 97.0 Å². The summed E-state index contributed by atoms with van der Waals surface area (Å²) in [7, 11) is 1.58. The molecular weight excluding hydrogens is 482 g/mol. The number of alkyl carbamates (subject to hydrolysis) is 1. The Morgan fingerprint density at radius 3 is 2.05 bits per heavy atom. The molecule has 0 saturated carbocycles. The van der Waals surface area contributed by atoms with E-state index in [1.54, 1.807) is 64.0 Å². The zero-order chi connectivity index (χ0) is 28.8. The van der Waals surface area contributed by atoms with Crippen molar-refractivity contribution < 1.29 is 23.9 Å². The van der Waals surface area contributed by atoms with Gasteiger partial charge in [0, 0.05) is 11.2 Å². The van der Waals surface area contributed by atoms with E-state index in [1.165, 1.54) is 0 Å². The van der Waals surface area contributed by atoms with E-state index in [-0.39, 0.29) is 5.91 Å². The fourth-order valence-electron chi connectivity index (χ4n) is 3.94. The first kappa shape index (κ1) is 30.7. The van der Waals surface area contributed by atoms with Crippen LogP contribution in [0.4, 0.5) is 10.5 Å². The van der Waals surface area contributed by atoms with Gasteiger partial charge in [0.2, 0.25) is 5.91 Å². The van der Waals surface area contributed by atoms with Crippen LogP contribution in [0.25, 0.3) is 0 Å². The van der Waals surface area contributed by atoms with Crippen molar-refractivity contribution in [2.75, 3.05) is 12.4 Å². The first-order chi connectivity index (χ1) is 17.6. The Morgan fingerprint density at radius 1 is 0.947 bits per heavy atom. The van der Waals surface area contributed by atoms with Crippen molar-refractivity contribution in [1.29, 1.82) is 0 Å². The highest BCUT2D eigenvalue weighted by Gasteiger charge is 2.42. The van der Waals surface area contributed by atoms with Gasteiger partial charge in [-0.05, 0) is 103 Å². The van der Waals surface area contributed by atoms with Gasteiger partial charge in [-0.15, -0.1) is 0 Å². The molecule has 8 nitrogen and oxygen atoms in total. The second kappa shape index (κ2) is 12.3. The van der Waals surface area contributed by atoms with E-state index in [4.69, 9.17) is 9.47 Å². The third kappa shape index (κ3) is 7.97. The SMILES string of the molecule is CCC(C)(C)N(C(=O)C(C)NC(=O)OC(C)(C)C)C(C(=O)Nc1ccc(OC)cc1)c1ccc(C)c(C)c1. The molecule has 0 saturated heterocycles. The van der Waals surface area contributed by atoms with Crippen LogP contribution < -0.4 is 15.4 Å². The predicted molar refractivity (Wildman–Crippen MR) is 150 cm³/mol. The summed E-state index contributed by atoms with van der Waals surface area (Å²) in [4.78, 5) is 42.0. The van der Waals surface area contributed by atoms with Gasteiger partial charge in [0.1, 0.15) is 23.4 Å². The number of amides is 3. The van der Waals surface area contributed by atoms with Crippen LogP contribution in [0.15, 0.2) is 42.5 Å². The Balaban J connectivity index is 2.55. The van der Waals surface area contributed by atoms with Gasteiger partial charge in [-0.1, -0.05) is 25.1 Å². The minimum Gasteiger partial charge on any atom is -0.497 e. The number of nitrogens with one attached hydrogen (secondary N) is 2. The van der Waals surface area contributed by atoms with Gasteiger partial charge in [0.05, 0.1) is 7.11 Å². The van der Waals surface area contributed by atoms with Crippen LogP contribution in [-0.2, 0) is 14.3 Å². The van der Waals surface area contributed by atoms with Crippen molar-refractivity contribution in [2.24, 2.45) is 0 Å². The standard InChI is InChI=1S/C30H43N3O5/c1-11-30(8,9)33(27(35)21(4)31-28(36)38-29(5,6)7)25(22-13-12-19(2)20(3)18-22)26(34)32-23-14-16-24(37-10)17-15-23/h12-18,21,25H,11H2,1-10H3,(H,31,36)(H,32,34). The molecule has 2 rings (SSSR count). The second-order valence-electron chi connectivity index (χ2n) is 11.2. The summed E-state index contributed by atoms with van der Waals surface area (Å²) in [6.07, 6.45) is -0.118. The number of hydrogen-bond donors (Lipinski definition) is 2. The summed E-state index contributed by atoms with van der Waals surface area (Å²) < 4.78 is 10.6. The molecule has 38 heavy (non-hydrogen) atoms. The van der Waals surface area contributed by atoms with Gasteiger partial charge in [0.15, 0.2) is 0 Å². The van der Waals surface area contributed by atoms with Crippen molar-refractivity contribution in [3.05, 3.63) is 59.2 Å². The molecule has 208 valence electrons. The van der Waals surface area contributed by atoms with E-state index in [0.717, 1.165) is 11.1 Å². The molecule has 0 aliphatic carbocycles. The highest BCUT2D eigenvalue weighted by Crippen LogP contribution is 2.34.